The molecule has 0 spiro atoms. The Balaban J connectivity index is 0.000000427. The summed E-state index contributed by atoms with van der Waals surface area (Å²) in [5, 5.41) is 9.23. The van der Waals surface area contributed by atoms with Crippen LogP contribution in [-0.4, -0.2) is 64.1 Å². The highest BCUT2D eigenvalue weighted by molar-refractivity contribution is 7.11. The third-order valence-corrected chi connectivity index (χ3v) is 6.06. The van der Waals surface area contributed by atoms with Crippen molar-refractivity contribution in [3.8, 4) is 0 Å². The Morgan fingerprint density at radius 2 is 2.16 bits per heavy atom. The molecule has 0 fully saturated rings. The number of carbonyl (C=O) groups is 2. The van der Waals surface area contributed by atoms with Gasteiger partial charge in [-0.05, 0) is 30.7 Å². The number of ether oxygens (including phenoxy) is 1. The molecule has 0 unspecified atom stereocenters. The molecule has 1 aliphatic rings. The highest BCUT2D eigenvalue weighted by atomic mass is 35.5. The van der Waals surface area contributed by atoms with Crippen molar-refractivity contribution in [2.75, 3.05) is 26.2 Å². The smallest absolute Gasteiger partial charge is 0.407 e. The van der Waals surface area contributed by atoms with Crippen LogP contribution in [0.4, 0.5) is 18.0 Å². The highest BCUT2D eigenvalue weighted by Gasteiger charge is 2.27. The summed E-state index contributed by atoms with van der Waals surface area (Å²) in [4.78, 5) is 32.7. The molecule has 0 saturated carbocycles. The summed E-state index contributed by atoms with van der Waals surface area (Å²) in [5.41, 5.74) is 1.98. The predicted octanol–water partition coefficient (Wildman–Crippen LogP) is 5.02. The number of halogens is 4. The molecule has 202 valence electrons. The summed E-state index contributed by atoms with van der Waals surface area (Å²) in [6.07, 6.45) is 3.33. The standard InChI is InChI=1S/C18H20F2N6O3S.C6H4ClF/c1-2-14-12(13-3-6-26(24-13)17(19)20)11-23-15(16-21-5-10-30-16)25(14)7-9-29-18(28)22-4-8-27;7-5-2-1-3-6(8)4-5/h3,5-6,8,10,17H,2,4,7,9,11H2,1H3,(H,22,28);1-4H. The number of allylic oxidation sites excluding steroid dienone is 1. The summed E-state index contributed by atoms with van der Waals surface area (Å²) in [6.45, 7) is -0.348. The zero-order chi connectivity index (χ0) is 27.5. The average Bonchev–Trinajstić information content (AvgIpc) is 3.60. The van der Waals surface area contributed by atoms with Gasteiger partial charge in [0.1, 0.15) is 18.7 Å². The SMILES string of the molecule is CCC1=C(c2ccn(C(F)F)n2)CN=C(c2nccs2)N1CCOC(=O)NCC=O.Fc1cccc(Cl)c1. The van der Waals surface area contributed by atoms with Crippen LogP contribution in [0.5, 0.6) is 0 Å². The van der Waals surface area contributed by atoms with Crippen molar-refractivity contribution in [2.24, 2.45) is 4.99 Å². The van der Waals surface area contributed by atoms with E-state index in [-0.39, 0.29) is 32.1 Å². The first-order valence-electron chi connectivity index (χ1n) is 11.4. The van der Waals surface area contributed by atoms with Crippen LogP contribution < -0.4 is 5.32 Å². The Morgan fingerprint density at radius 3 is 2.74 bits per heavy atom. The second kappa shape index (κ2) is 14.3. The summed E-state index contributed by atoms with van der Waals surface area (Å²) in [7, 11) is 0. The zero-order valence-electron chi connectivity index (χ0n) is 20.2. The minimum absolute atomic E-state index is 0.0251. The quantitative estimate of drug-likeness (QED) is 0.364. The molecule has 1 N–H and O–H groups in total. The van der Waals surface area contributed by atoms with Gasteiger partial charge >= 0.3 is 12.6 Å². The Kier molecular flexibility index (Phi) is 10.8. The lowest BCUT2D eigenvalue weighted by molar-refractivity contribution is -0.107. The molecule has 0 bridgehead atoms. The molecular formula is C24H24ClF3N6O3S. The van der Waals surface area contributed by atoms with E-state index in [1.165, 1.54) is 35.7 Å². The molecule has 14 heteroatoms. The Hall–Kier alpha value is -3.71. The maximum atomic E-state index is 12.9. The monoisotopic (exact) mass is 568 g/mol. The number of alkyl halides is 2. The van der Waals surface area contributed by atoms with Crippen LogP contribution in [0.25, 0.3) is 5.57 Å². The summed E-state index contributed by atoms with van der Waals surface area (Å²) in [6, 6.07) is 7.35. The van der Waals surface area contributed by atoms with Crippen LogP contribution in [0.15, 0.2) is 58.8 Å². The predicted molar refractivity (Wildman–Crippen MR) is 138 cm³/mol. The van der Waals surface area contributed by atoms with E-state index in [4.69, 9.17) is 16.3 Å². The molecule has 1 aromatic carbocycles. The average molecular weight is 569 g/mol. The largest absolute Gasteiger partial charge is 0.448 e. The van der Waals surface area contributed by atoms with E-state index in [2.05, 4.69) is 20.4 Å². The first kappa shape index (κ1) is 28.9. The number of amidine groups is 1. The van der Waals surface area contributed by atoms with Crippen LogP contribution in [-0.2, 0) is 9.53 Å². The van der Waals surface area contributed by atoms with E-state index < -0.39 is 12.6 Å². The molecule has 0 aliphatic carbocycles. The van der Waals surface area contributed by atoms with Crippen LogP contribution in [0.3, 0.4) is 0 Å². The van der Waals surface area contributed by atoms with Crippen LogP contribution in [0, 0.1) is 5.82 Å². The molecule has 0 saturated heterocycles. The molecule has 2 aromatic heterocycles. The number of nitrogens with zero attached hydrogens (tertiary/aromatic N) is 5. The first-order valence-corrected chi connectivity index (χ1v) is 12.6. The Morgan fingerprint density at radius 1 is 1.34 bits per heavy atom. The number of aldehydes is 1. The van der Waals surface area contributed by atoms with Crippen molar-refractivity contribution in [1.82, 2.24) is 25.0 Å². The molecule has 3 aromatic rings. The van der Waals surface area contributed by atoms with Gasteiger partial charge in [-0.1, -0.05) is 24.6 Å². The number of benzene rings is 1. The number of carbonyl (C=O) groups excluding carboxylic acids is 2. The summed E-state index contributed by atoms with van der Waals surface area (Å²) in [5.74, 6) is 0.327. The van der Waals surface area contributed by atoms with Gasteiger partial charge in [-0.3, -0.25) is 4.99 Å². The van der Waals surface area contributed by atoms with Gasteiger partial charge in [-0.15, -0.1) is 11.3 Å². The van der Waals surface area contributed by atoms with Crippen LogP contribution in [0.2, 0.25) is 5.02 Å². The number of thiazole rings is 1. The highest BCUT2D eigenvalue weighted by Crippen LogP contribution is 2.30. The van der Waals surface area contributed by atoms with Crippen LogP contribution >= 0.6 is 22.9 Å². The van der Waals surface area contributed by atoms with E-state index in [0.717, 1.165) is 11.3 Å². The molecule has 1 amide bonds. The van der Waals surface area contributed by atoms with Gasteiger partial charge in [0, 0.05) is 34.1 Å². The number of amides is 1. The van der Waals surface area contributed by atoms with E-state index in [1.807, 2.05) is 17.2 Å². The van der Waals surface area contributed by atoms with Crippen molar-refractivity contribution >= 4 is 46.7 Å². The third-order valence-electron chi connectivity index (χ3n) is 5.06. The third kappa shape index (κ3) is 7.89. The lowest BCUT2D eigenvalue weighted by Gasteiger charge is -2.32. The van der Waals surface area contributed by atoms with Gasteiger partial charge in [-0.2, -0.15) is 13.9 Å². The number of aliphatic imine (C=N–C) groups is 1. The van der Waals surface area contributed by atoms with Crippen molar-refractivity contribution in [2.45, 2.75) is 19.9 Å². The first-order chi connectivity index (χ1) is 18.3. The second-order valence-electron chi connectivity index (χ2n) is 7.49. The second-order valence-corrected chi connectivity index (χ2v) is 8.82. The fourth-order valence-electron chi connectivity index (χ4n) is 3.49. The maximum absolute atomic E-state index is 12.9. The Bertz CT molecular complexity index is 1270. The maximum Gasteiger partial charge on any atom is 0.407 e. The molecule has 0 radical (unpaired) electrons. The number of hydrogen-bond acceptors (Lipinski definition) is 8. The molecule has 0 atom stereocenters. The minimum atomic E-state index is -2.73. The number of hydrogen-bond donors (Lipinski definition) is 1. The minimum Gasteiger partial charge on any atom is -0.448 e. The number of rotatable bonds is 9. The van der Waals surface area contributed by atoms with Crippen molar-refractivity contribution < 1.29 is 27.5 Å². The van der Waals surface area contributed by atoms with Gasteiger partial charge < -0.3 is 19.7 Å². The number of alkyl carbamates (subject to hydrolysis) is 1. The molecular weight excluding hydrogens is 545 g/mol. The number of nitrogens with one attached hydrogen (secondary N) is 1. The van der Waals surface area contributed by atoms with Gasteiger partial charge in [0.15, 0.2) is 10.8 Å². The van der Waals surface area contributed by atoms with Gasteiger partial charge in [0.05, 0.1) is 25.3 Å². The molecule has 38 heavy (non-hydrogen) atoms. The lowest BCUT2D eigenvalue weighted by atomic mass is 10.1. The van der Waals surface area contributed by atoms with Crippen molar-refractivity contribution in [3.05, 3.63) is 75.3 Å². The topological polar surface area (TPSA) is 102 Å². The molecule has 4 rings (SSSR count). The van der Waals surface area contributed by atoms with Crippen molar-refractivity contribution in [1.29, 1.82) is 0 Å². The fraction of sp³-hybridized carbons (Fsp3) is 0.292. The molecule has 9 nitrogen and oxygen atoms in total. The normalized spacial score (nSPS) is 13.1. The van der Waals surface area contributed by atoms with Gasteiger partial charge in [0.25, 0.3) is 0 Å². The van der Waals surface area contributed by atoms with E-state index in [1.54, 1.807) is 18.3 Å². The summed E-state index contributed by atoms with van der Waals surface area (Å²) >= 11 is 6.82. The fourth-order valence-corrected chi connectivity index (χ4v) is 4.31. The van der Waals surface area contributed by atoms with E-state index in [0.29, 0.717) is 38.9 Å². The number of aromatic nitrogens is 3. The summed E-state index contributed by atoms with van der Waals surface area (Å²) < 4.78 is 43.7. The van der Waals surface area contributed by atoms with E-state index >= 15 is 0 Å². The molecule has 1 aliphatic heterocycles. The van der Waals surface area contributed by atoms with Crippen molar-refractivity contribution in [3.63, 3.8) is 0 Å². The van der Waals surface area contributed by atoms with E-state index in [9.17, 15) is 22.8 Å². The molecule has 3 heterocycles. The lowest BCUT2D eigenvalue weighted by Crippen LogP contribution is -2.38. The van der Waals surface area contributed by atoms with Gasteiger partial charge in [0.2, 0.25) is 0 Å². The van der Waals surface area contributed by atoms with Gasteiger partial charge in [-0.25, -0.2) is 18.9 Å². The van der Waals surface area contributed by atoms with Crippen LogP contribution in [0.1, 0.15) is 30.6 Å². The zero-order valence-corrected chi connectivity index (χ0v) is 21.8. The Labute approximate surface area is 225 Å².